The van der Waals surface area contributed by atoms with Crippen molar-refractivity contribution in [1.29, 1.82) is 0 Å². The number of urea groups is 1. The molecule has 0 aliphatic carbocycles. The number of hydrogen-bond donors (Lipinski definition) is 3. The fraction of sp³-hybridized carbons (Fsp3) is 0.182. The summed E-state index contributed by atoms with van der Waals surface area (Å²) in [6.07, 6.45) is 1.92. The standard InChI is InChI=1S/C11H11N3O/c15-11-13-6-10(14-11)7-2-1-3-9-8(7)4-5-12-9/h1-5,10,12H,6H2,(H2,13,14,15)/t10-/m0/s1. The Labute approximate surface area is 86.7 Å². The molecule has 1 atom stereocenters. The number of amides is 2. The van der Waals surface area contributed by atoms with Crippen molar-refractivity contribution < 1.29 is 4.79 Å². The SMILES string of the molecule is O=C1NC[C@@H](c2cccc3[nH]ccc23)N1. The van der Waals surface area contributed by atoms with Crippen molar-refractivity contribution in [1.82, 2.24) is 15.6 Å². The van der Waals surface area contributed by atoms with E-state index in [0.717, 1.165) is 11.1 Å². The van der Waals surface area contributed by atoms with E-state index in [1.807, 2.05) is 30.5 Å². The molecule has 2 heterocycles. The van der Waals surface area contributed by atoms with E-state index >= 15 is 0 Å². The number of carbonyl (C=O) groups is 1. The summed E-state index contributed by atoms with van der Waals surface area (Å²) in [4.78, 5) is 14.2. The van der Waals surface area contributed by atoms with Crippen LogP contribution in [0.2, 0.25) is 0 Å². The molecule has 2 amide bonds. The maximum Gasteiger partial charge on any atom is 0.315 e. The molecule has 0 unspecified atom stereocenters. The van der Waals surface area contributed by atoms with Gasteiger partial charge in [-0.15, -0.1) is 0 Å². The summed E-state index contributed by atoms with van der Waals surface area (Å²) in [5.74, 6) is 0. The van der Waals surface area contributed by atoms with E-state index < -0.39 is 0 Å². The smallest absolute Gasteiger partial charge is 0.315 e. The molecular formula is C11H11N3O. The van der Waals surface area contributed by atoms with Crippen molar-refractivity contribution in [3.63, 3.8) is 0 Å². The van der Waals surface area contributed by atoms with E-state index in [1.54, 1.807) is 0 Å². The van der Waals surface area contributed by atoms with Crippen LogP contribution in [0.5, 0.6) is 0 Å². The van der Waals surface area contributed by atoms with E-state index in [-0.39, 0.29) is 12.1 Å². The maximum absolute atomic E-state index is 11.1. The minimum atomic E-state index is -0.0902. The van der Waals surface area contributed by atoms with Crippen LogP contribution in [0.3, 0.4) is 0 Å². The number of aromatic nitrogens is 1. The van der Waals surface area contributed by atoms with Crippen molar-refractivity contribution in [3.05, 3.63) is 36.0 Å². The van der Waals surface area contributed by atoms with E-state index in [0.29, 0.717) is 6.54 Å². The van der Waals surface area contributed by atoms with Crippen LogP contribution < -0.4 is 10.6 Å². The third-order valence-corrected chi connectivity index (χ3v) is 2.78. The Bertz CT molecular complexity index is 517. The highest BCUT2D eigenvalue weighted by molar-refractivity contribution is 5.85. The van der Waals surface area contributed by atoms with Crippen molar-refractivity contribution >= 4 is 16.9 Å². The van der Waals surface area contributed by atoms with Gasteiger partial charge in [-0.2, -0.15) is 0 Å². The second-order valence-electron chi connectivity index (χ2n) is 3.69. The van der Waals surface area contributed by atoms with Gasteiger partial charge in [0, 0.05) is 23.6 Å². The van der Waals surface area contributed by atoms with Gasteiger partial charge in [-0.3, -0.25) is 0 Å². The monoisotopic (exact) mass is 201 g/mol. The first-order valence-electron chi connectivity index (χ1n) is 4.95. The van der Waals surface area contributed by atoms with E-state index in [9.17, 15) is 4.79 Å². The van der Waals surface area contributed by atoms with Crippen molar-refractivity contribution in [3.8, 4) is 0 Å². The number of fused-ring (bicyclic) bond motifs is 1. The zero-order valence-corrected chi connectivity index (χ0v) is 8.08. The molecule has 1 aliphatic rings. The molecule has 3 N–H and O–H groups in total. The van der Waals surface area contributed by atoms with Crippen molar-refractivity contribution in [2.24, 2.45) is 0 Å². The summed E-state index contributed by atoms with van der Waals surface area (Å²) in [6.45, 7) is 0.656. The molecule has 0 spiro atoms. The summed E-state index contributed by atoms with van der Waals surface area (Å²) in [7, 11) is 0. The number of benzene rings is 1. The highest BCUT2D eigenvalue weighted by atomic mass is 16.2. The Morgan fingerprint density at radius 3 is 3.00 bits per heavy atom. The first kappa shape index (κ1) is 8.35. The lowest BCUT2D eigenvalue weighted by atomic mass is 10.0. The van der Waals surface area contributed by atoms with Crippen LogP contribution in [-0.4, -0.2) is 17.6 Å². The molecule has 3 rings (SSSR count). The number of aromatic amines is 1. The lowest BCUT2D eigenvalue weighted by Crippen LogP contribution is -2.21. The van der Waals surface area contributed by atoms with Crippen LogP contribution in [-0.2, 0) is 0 Å². The number of carbonyl (C=O) groups excluding carboxylic acids is 1. The van der Waals surface area contributed by atoms with Gasteiger partial charge < -0.3 is 15.6 Å². The molecule has 76 valence electrons. The van der Waals surface area contributed by atoms with Crippen LogP contribution in [0, 0.1) is 0 Å². The first-order chi connectivity index (χ1) is 7.34. The fourth-order valence-electron chi connectivity index (χ4n) is 2.06. The van der Waals surface area contributed by atoms with Gasteiger partial charge in [-0.1, -0.05) is 12.1 Å². The molecule has 1 fully saturated rings. The summed E-state index contributed by atoms with van der Waals surface area (Å²) in [5.41, 5.74) is 2.26. The molecule has 4 heteroatoms. The molecule has 1 aliphatic heterocycles. The predicted octanol–water partition coefficient (Wildman–Crippen LogP) is 1.52. The molecule has 1 aromatic heterocycles. The average molecular weight is 201 g/mol. The van der Waals surface area contributed by atoms with Gasteiger partial charge in [0.25, 0.3) is 0 Å². The molecule has 0 bridgehead atoms. The largest absolute Gasteiger partial charge is 0.361 e. The normalized spacial score (nSPS) is 20.3. The quantitative estimate of drug-likeness (QED) is 0.643. The average Bonchev–Trinajstić information content (AvgIpc) is 2.84. The Morgan fingerprint density at radius 2 is 2.20 bits per heavy atom. The maximum atomic E-state index is 11.1. The number of H-pyrrole nitrogens is 1. The summed E-state index contributed by atoms with van der Waals surface area (Å²) < 4.78 is 0. The Kier molecular flexibility index (Phi) is 1.68. The second-order valence-corrected chi connectivity index (χ2v) is 3.69. The van der Waals surface area contributed by atoms with Gasteiger partial charge in [0.2, 0.25) is 0 Å². The predicted molar refractivity (Wildman–Crippen MR) is 57.6 cm³/mol. The first-order valence-corrected chi connectivity index (χ1v) is 4.95. The number of nitrogens with one attached hydrogen (secondary N) is 3. The topological polar surface area (TPSA) is 56.9 Å². The zero-order chi connectivity index (χ0) is 10.3. The van der Waals surface area contributed by atoms with Crippen molar-refractivity contribution in [2.75, 3.05) is 6.54 Å². The van der Waals surface area contributed by atoms with Crippen LogP contribution in [0.15, 0.2) is 30.5 Å². The Balaban J connectivity index is 2.10. The van der Waals surface area contributed by atoms with Crippen molar-refractivity contribution in [2.45, 2.75) is 6.04 Å². The molecule has 0 saturated carbocycles. The number of hydrogen-bond acceptors (Lipinski definition) is 1. The van der Waals surface area contributed by atoms with Gasteiger partial charge in [0.1, 0.15) is 0 Å². The third kappa shape index (κ3) is 1.26. The van der Waals surface area contributed by atoms with E-state index in [1.165, 1.54) is 5.39 Å². The highest BCUT2D eigenvalue weighted by Crippen LogP contribution is 2.24. The molecule has 15 heavy (non-hydrogen) atoms. The molecular weight excluding hydrogens is 190 g/mol. The van der Waals surface area contributed by atoms with Crippen LogP contribution in [0.25, 0.3) is 10.9 Å². The van der Waals surface area contributed by atoms with Crippen LogP contribution in [0.1, 0.15) is 11.6 Å². The van der Waals surface area contributed by atoms with Crippen LogP contribution in [0.4, 0.5) is 4.79 Å². The molecule has 2 aromatic rings. The van der Waals surface area contributed by atoms with Crippen LogP contribution >= 0.6 is 0 Å². The highest BCUT2D eigenvalue weighted by Gasteiger charge is 2.22. The molecule has 0 radical (unpaired) electrons. The van der Waals surface area contributed by atoms with Gasteiger partial charge in [0.05, 0.1) is 6.04 Å². The van der Waals surface area contributed by atoms with Gasteiger partial charge >= 0.3 is 6.03 Å². The Hall–Kier alpha value is -1.97. The summed E-state index contributed by atoms with van der Waals surface area (Å²) >= 11 is 0. The molecule has 4 nitrogen and oxygen atoms in total. The number of rotatable bonds is 1. The molecule has 1 saturated heterocycles. The second kappa shape index (κ2) is 3.02. The minimum absolute atomic E-state index is 0.0806. The fourth-order valence-corrected chi connectivity index (χ4v) is 2.06. The lowest BCUT2D eigenvalue weighted by Gasteiger charge is -2.09. The lowest BCUT2D eigenvalue weighted by molar-refractivity contribution is 0.247. The zero-order valence-electron chi connectivity index (χ0n) is 8.08. The Morgan fingerprint density at radius 1 is 1.27 bits per heavy atom. The summed E-state index contributed by atoms with van der Waals surface area (Å²) in [6, 6.07) is 8.11. The van der Waals surface area contributed by atoms with Gasteiger partial charge in [-0.05, 0) is 17.7 Å². The third-order valence-electron chi connectivity index (χ3n) is 2.78. The van der Waals surface area contributed by atoms with E-state index in [2.05, 4.69) is 15.6 Å². The van der Waals surface area contributed by atoms with E-state index in [4.69, 9.17) is 0 Å². The van der Waals surface area contributed by atoms with Gasteiger partial charge in [-0.25, -0.2) is 4.79 Å². The molecule has 1 aromatic carbocycles. The minimum Gasteiger partial charge on any atom is -0.361 e. The summed E-state index contributed by atoms with van der Waals surface area (Å²) in [5, 5.41) is 6.83. The van der Waals surface area contributed by atoms with Gasteiger partial charge in [0.15, 0.2) is 0 Å².